The van der Waals surface area contributed by atoms with Crippen molar-refractivity contribution in [2.24, 2.45) is 0 Å². The molecule has 3 N–H and O–H groups in total. The van der Waals surface area contributed by atoms with Crippen molar-refractivity contribution in [1.82, 2.24) is 19.8 Å². The summed E-state index contributed by atoms with van der Waals surface area (Å²) in [6, 6.07) is -1.05. The van der Waals surface area contributed by atoms with Crippen LogP contribution in [-0.2, 0) is 14.4 Å². The van der Waals surface area contributed by atoms with Gasteiger partial charge in [0, 0.05) is 32.1 Å². The van der Waals surface area contributed by atoms with E-state index in [1.807, 2.05) is 11.5 Å². The van der Waals surface area contributed by atoms with Gasteiger partial charge in [0.15, 0.2) is 0 Å². The van der Waals surface area contributed by atoms with E-state index in [0.29, 0.717) is 6.54 Å². The molecule has 0 unspecified atom stereocenters. The maximum absolute atomic E-state index is 12.7. The molecule has 0 aromatic heterocycles. The summed E-state index contributed by atoms with van der Waals surface area (Å²) in [5.41, 5.74) is 0. The van der Waals surface area contributed by atoms with E-state index in [1.165, 1.54) is 6.42 Å². The van der Waals surface area contributed by atoms with Crippen molar-refractivity contribution in [3.05, 3.63) is 24.1 Å². The van der Waals surface area contributed by atoms with Gasteiger partial charge in [0.2, 0.25) is 11.8 Å². The van der Waals surface area contributed by atoms with Crippen molar-refractivity contribution in [3.8, 4) is 0 Å². The second-order valence-electron chi connectivity index (χ2n) is 8.08. The number of likely N-dealkylation sites (tertiary alicyclic amines) is 1. The fourth-order valence-electron chi connectivity index (χ4n) is 3.78. The highest BCUT2D eigenvalue weighted by Gasteiger charge is 2.27. The Hall–Kier alpha value is -1.84. The topological polar surface area (TPSA) is 102 Å². The van der Waals surface area contributed by atoms with Crippen molar-refractivity contribution in [3.63, 3.8) is 0 Å². The van der Waals surface area contributed by atoms with Crippen LogP contribution in [0.25, 0.3) is 0 Å². The number of allylic oxidation sites excluding steroid dienone is 2. The molecule has 2 heterocycles. The Morgan fingerprint density at radius 3 is 2.48 bits per heavy atom. The second-order valence-corrected chi connectivity index (χ2v) is 9.08. The molecular weight excluding hydrogens is 416 g/mol. The number of nitrogens with zero attached hydrogens (tertiary/aromatic N) is 2. The maximum Gasteiger partial charge on any atom is 0.305 e. The van der Waals surface area contributed by atoms with Crippen molar-refractivity contribution in [2.75, 3.05) is 32.7 Å². The van der Waals surface area contributed by atoms with Gasteiger partial charge < -0.3 is 20.6 Å². The number of nitrogens with one attached hydrogen (secondary N) is 2. The monoisotopic (exact) mass is 452 g/mol. The predicted molar refractivity (Wildman–Crippen MR) is 123 cm³/mol. The van der Waals surface area contributed by atoms with Gasteiger partial charge in [-0.2, -0.15) is 0 Å². The third kappa shape index (κ3) is 10.3. The van der Waals surface area contributed by atoms with Crippen molar-refractivity contribution < 1.29 is 19.5 Å². The van der Waals surface area contributed by atoms with Gasteiger partial charge in [0.1, 0.15) is 6.04 Å². The molecule has 2 saturated heterocycles. The van der Waals surface area contributed by atoms with E-state index in [0.717, 1.165) is 58.3 Å². The number of aliphatic carboxylic acids is 1. The normalized spacial score (nSPS) is 19.7. The molecule has 0 aromatic carbocycles. The van der Waals surface area contributed by atoms with Crippen LogP contribution in [-0.4, -0.2) is 76.9 Å². The first kappa shape index (κ1) is 25.4. The van der Waals surface area contributed by atoms with Gasteiger partial charge in [-0.05, 0) is 50.6 Å². The van der Waals surface area contributed by atoms with Crippen LogP contribution < -0.4 is 10.6 Å². The van der Waals surface area contributed by atoms with Crippen LogP contribution in [0.5, 0.6) is 0 Å². The van der Waals surface area contributed by atoms with Crippen LogP contribution in [0.3, 0.4) is 0 Å². The van der Waals surface area contributed by atoms with Gasteiger partial charge in [0.25, 0.3) is 0 Å². The zero-order chi connectivity index (χ0) is 22.5. The molecule has 9 heteroatoms. The highest BCUT2D eigenvalue weighted by Crippen LogP contribution is 2.20. The molecule has 2 aliphatic rings. The Morgan fingerprint density at radius 1 is 1.13 bits per heavy atom. The fraction of sp³-hybridized carbons (Fsp3) is 0.682. The van der Waals surface area contributed by atoms with Gasteiger partial charge in [-0.25, -0.2) is 4.31 Å². The van der Waals surface area contributed by atoms with Crippen molar-refractivity contribution >= 4 is 29.7 Å². The number of carboxylic acid groups (broad SMARTS) is 1. The molecule has 0 aromatic rings. The van der Waals surface area contributed by atoms with E-state index in [-0.39, 0.29) is 18.4 Å². The van der Waals surface area contributed by atoms with Gasteiger partial charge >= 0.3 is 5.97 Å². The Labute approximate surface area is 189 Å². The molecule has 2 rings (SSSR count). The summed E-state index contributed by atoms with van der Waals surface area (Å²) < 4.78 is 2.24. The van der Waals surface area contributed by atoms with Crippen LogP contribution >= 0.6 is 11.9 Å². The summed E-state index contributed by atoms with van der Waals surface area (Å²) >= 11 is 1.65. The summed E-state index contributed by atoms with van der Waals surface area (Å²) in [7, 11) is 0. The zero-order valence-electron chi connectivity index (χ0n) is 18.3. The van der Waals surface area contributed by atoms with Crippen molar-refractivity contribution in [2.45, 2.75) is 63.5 Å². The third-order valence-electron chi connectivity index (χ3n) is 5.54. The molecular formula is C22H36N4O4S. The first-order valence-corrected chi connectivity index (χ1v) is 12.0. The first-order chi connectivity index (χ1) is 15.0. The Morgan fingerprint density at radius 2 is 1.84 bits per heavy atom. The second kappa shape index (κ2) is 14.3. The molecule has 2 aliphatic heterocycles. The van der Waals surface area contributed by atoms with E-state index >= 15 is 0 Å². The lowest BCUT2D eigenvalue weighted by molar-refractivity contribution is -0.140. The van der Waals surface area contributed by atoms with Crippen LogP contribution in [0.2, 0.25) is 0 Å². The number of carbonyl (C=O) groups is 3. The molecule has 0 radical (unpaired) electrons. The summed E-state index contributed by atoms with van der Waals surface area (Å²) in [4.78, 5) is 38.5. The maximum atomic E-state index is 12.7. The standard InChI is InChI=1S/C22H36N4O4S/c1-2-3-7-16-31-26-14-8-18(9-15-26)23-22(30)19(17-21(28)29)24-20(27)10-13-25-11-5-4-6-12-25/h2,7,16,18-19H,1,3-6,8-15,17H2,(H,23,30)(H,24,27)(H,28,29)/b16-7-/t19-/m0/s1. The minimum atomic E-state index is -1.10. The number of piperidine rings is 2. The summed E-state index contributed by atoms with van der Waals surface area (Å²) in [6.07, 6.45) is 9.70. The smallest absolute Gasteiger partial charge is 0.305 e. The number of hydrogen-bond acceptors (Lipinski definition) is 6. The van der Waals surface area contributed by atoms with Crippen LogP contribution in [0.4, 0.5) is 0 Å². The molecule has 1 atom stereocenters. The quantitative estimate of drug-likeness (QED) is 0.308. The minimum Gasteiger partial charge on any atom is -0.481 e. The summed E-state index contributed by atoms with van der Waals surface area (Å²) in [6.45, 7) is 7.98. The Balaban J connectivity index is 1.75. The van der Waals surface area contributed by atoms with Gasteiger partial charge in [-0.15, -0.1) is 6.58 Å². The molecule has 0 spiro atoms. The van der Waals surface area contributed by atoms with E-state index in [4.69, 9.17) is 0 Å². The lowest BCUT2D eigenvalue weighted by atomic mass is 10.1. The first-order valence-electron chi connectivity index (χ1n) is 11.2. The predicted octanol–water partition coefficient (Wildman–Crippen LogP) is 2.14. The molecule has 31 heavy (non-hydrogen) atoms. The number of carbonyl (C=O) groups excluding carboxylic acids is 2. The molecule has 0 bridgehead atoms. The SMILES string of the molecule is C=CC/C=C\SN1CCC(NC(=O)[C@H](CC(=O)O)NC(=O)CCN2CCCCC2)CC1. The van der Waals surface area contributed by atoms with Crippen LogP contribution in [0.1, 0.15) is 51.4 Å². The van der Waals surface area contributed by atoms with Crippen LogP contribution in [0.15, 0.2) is 24.1 Å². The number of carboxylic acids is 1. The Kier molecular flexibility index (Phi) is 11.7. The average Bonchev–Trinajstić information content (AvgIpc) is 2.76. The molecule has 0 saturated carbocycles. The number of hydrogen-bond donors (Lipinski definition) is 3. The lowest BCUT2D eigenvalue weighted by Crippen LogP contribution is -2.52. The average molecular weight is 453 g/mol. The summed E-state index contributed by atoms with van der Waals surface area (Å²) in [5, 5.41) is 16.8. The summed E-state index contributed by atoms with van der Waals surface area (Å²) in [5.74, 6) is -1.79. The fourth-order valence-corrected chi connectivity index (χ4v) is 4.57. The lowest BCUT2D eigenvalue weighted by Gasteiger charge is -2.31. The molecule has 174 valence electrons. The van der Waals surface area contributed by atoms with E-state index in [9.17, 15) is 19.5 Å². The minimum absolute atomic E-state index is 0.0111. The van der Waals surface area contributed by atoms with Gasteiger partial charge in [-0.3, -0.25) is 14.4 Å². The van der Waals surface area contributed by atoms with Crippen LogP contribution in [0, 0.1) is 0 Å². The van der Waals surface area contributed by atoms with E-state index in [2.05, 4.69) is 32.5 Å². The molecule has 2 amide bonds. The molecule has 2 fully saturated rings. The van der Waals surface area contributed by atoms with Gasteiger partial charge in [-0.1, -0.05) is 30.5 Å². The zero-order valence-corrected chi connectivity index (χ0v) is 19.1. The Bertz CT molecular complexity index is 629. The van der Waals surface area contributed by atoms with E-state index in [1.54, 1.807) is 11.9 Å². The van der Waals surface area contributed by atoms with Gasteiger partial charge in [0.05, 0.1) is 6.42 Å². The highest BCUT2D eigenvalue weighted by molar-refractivity contribution is 7.99. The third-order valence-corrected chi connectivity index (χ3v) is 6.52. The number of rotatable bonds is 12. The molecule has 8 nitrogen and oxygen atoms in total. The largest absolute Gasteiger partial charge is 0.481 e. The van der Waals surface area contributed by atoms with E-state index < -0.39 is 24.3 Å². The molecule has 0 aliphatic carbocycles. The van der Waals surface area contributed by atoms with Crippen molar-refractivity contribution in [1.29, 1.82) is 0 Å². The highest BCUT2D eigenvalue weighted by atomic mass is 32.2. The number of amides is 2.